The third-order valence-corrected chi connectivity index (χ3v) is 8.37. The molecule has 3 aliphatic heterocycles. The van der Waals surface area contributed by atoms with Crippen LogP contribution in [0.2, 0.25) is 0 Å². The van der Waals surface area contributed by atoms with Crippen molar-refractivity contribution in [2.75, 3.05) is 43.5 Å². The van der Waals surface area contributed by atoms with Crippen LogP contribution in [0.25, 0.3) is 11.3 Å². The van der Waals surface area contributed by atoms with Crippen LogP contribution in [0.1, 0.15) is 41.8 Å². The molecule has 1 aromatic carbocycles. The standard InChI is InChI=1S/C28H33N5O3S/c29-28-22-13-27(34)33(24(22)14-25(31-28)36-17-20-7-11-35-12-8-20)15-19-3-5-21(6-4-19)23-18-37-26(30-23)16-32-9-1-2-10-32/h3-6,14,18,20H,1-2,7-13,15-17H2,(H2,29,31). The van der Waals surface area contributed by atoms with Gasteiger partial charge in [0, 0.05) is 35.8 Å². The number of likely N-dealkylation sites (tertiary alicyclic amines) is 1. The second-order valence-corrected chi connectivity index (χ2v) is 11.1. The number of aromatic nitrogens is 2. The highest BCUT2D eigenvalue weighted by Crippen LogP contribution is 2.36. The first-order valence-corrected chi connectivity index (χ1v) is 14.1. The Morgan fingerprint density at radius 2 is 1.86 bits per heavy atom. The predicted octanol–water partition coefficient (Wildman–Crippen LogP) is 4.28. The first kappa shape index (κ1) is 24.3. The summed E-state index contributed by atoms with van der Waals surface area (Å²) in [6, 6.07) is 10.2. The number of nitrogens with zero attached hydrogens (tertiary/aromatic N) is 4. The van der Waals surface area contributed by atoms with E-state index < -0.39 is 0 Å². The van der Waals surface area contributed by atoms with Crippen molar-refractivity contribution in [1.29, 1.82) is 0 Å². The molecule has 8 nitrogen and oxygen atoms in total. The molecule has 2 saturated heterocycles. The molecule has 5 heterocycles. The van der Waals surface area contributed by atoms with Crippen LogP contribution < -0.4 is 15.4 Å². The Morgan fingerprint density at radius 1 is 1.08 bits per heavy atom. The molecule has 6 rings (SSSR count). The number of nitrogens with two attached hydrogens (primary N) is 1. The molecule has 2 fully saturated rings. The largest absolute Gasteiger partial charge is 0.477 e. The van der Waals surface area contributed by atoms with Crippen molar-refractivity contribution in [3.8, 4) is 17.1 Å². The highest BCUT2D eigenvalue weighted by atomic mass is 32.1. The van der Waals surface area contributed by atoms with Crippen molar-refractivity contribution in [2.45, 2.75) is 45.2 Å². The van der Waals surface area contributed by atoms with Gasteiger partial charge < -0.3 is 20.1 Å². The smallest absolute Gasteiger partial charge is 0.231 e. The Morgan fingerprint density at radius 3 is 2.65 bits per heavy atom. The van der Waals surface area contributed by atoms with Gasteiger partial charge in [-0.2, -0.15) is 4.98 Å². The molecule has 0 saturated carbocycles. The van der Waals surface area contributed by atoms with E-state index in [0.717, 1.165) is 60.7 Å². The number of hydrogen-bond donors (Lipinski definition) is 1. The summed E-state index contributed by atoms with van der Waals surface area (Å²) >= 11 is 1.73. The lowest BCUT2D eigenvalue weighted by Crippen LogP contribution is -2.26. The van der Waals surface area contributed by atoms with Gasteiger partial charge in [-0.1, -0.05) is 24.3 Å². The number of anilines is 2. The van der Waals surface area contributed by atoms with Gasteiger partial charge in [-0.15, -0.1) is 11.3 Å². The fraction of sp³-hybridized carbons (Fsp3) is 0.464. The molecule has 1 amide bonds. The molecule has 3 aromatic rings. The van der Waals surface area contributed by atoms with E-state index in [1.54, 1.807) is 16.2 Å². The van der Waals surface area contributed by atoms with Crippen LogP contribution in [0.15, 0.2) is 35.7 Å². The number of ether oxygens (including phenoxy) is 2. The molecular formula is C28H33N5O3S. The van der Waals surface area contributed by atoms with Gasteiger partial charge in [-0.25, -0.2) is 4.98 Å². The zero-order valence-corrected chi connectivity index (χ0v) is 21.8. The van der Waals surface area contributed by atoms with E-state index in [4.69, 9.17) is 20.2 Å². The number of rotatable bonds is 8. The van der Waals surface area contributed by atoms with Crippen molar-refractivity contribution in [3.05, 3.63) is 51.8 Å². The van der Waals surface area contributed by atoms with Crippen LogP contribution in [0.5, 0.6) is 5.88 Å². The number of carbonyl (C=O) groups is 1. The molecule has 37 heavy (non-hydrogen) atoms. The van der Waals surface area contributed by atoms with Gasteiger partial charge in [0.1, 0.15) is 10.8 Å². The number of hydrogen-bond acceptors (Lipinski definition) is 8. The zero-order chi connectivity index (χ0) is 25.2. The highest BCUT2D eigenvalue weighted by molar-refractivity contribution is 7.09. The number of pyridine rings is 1. The molecule has 2 N–H and O–H groups in total. The number of benzene rings is 1. The van der Waals surface area contributed by atoms with Crippen molar-refractivity contribution in [1.82, 2.24) is 14.9 Å². The average Bonchev–Trinajstić information content (AvgIpc) is 3.67. The van der Waals surface area contributed by atoms with Crippen LogP contribution in [-0.2, 0) is 29.0 Å². The number of nitrogen functional groups attached to an aromatic ring is 1. The molecule has 0 unspecified atom stereocenters. The van der Waals surface area contributed by atoms with E-state index in [1.165, 1.54) is 30.9 Å². The molecule has 9 heteroatoms. The summed E-state index contributed by atoms with van der Waals surface area (Å²) in [5.41, 5.74) is 11.0. The zero-order valence-electron chi connectivity index (χ0n) is 21.0. The van der Waals surface area contributed by atoms with Crippen LogP contribution in [0.4, 0.5) is 11.5 Å². The summed E-state index contributed by atoms with van der Waals surface area (Å²) in [5, 5.41) is 3.31. The van der Waals surface area contributed by atoms with Gasteiger partial charge >= 0.3 is 0 Å². The lowest BCUT2D eigenvalue weighted by Gasteiger charge is -2.22. The van der Waals surface area contributed by atoms with Gasteiger partial charge in [-0.05, 0) is 50.3 Å². The minimum Gasteiger partial charge on any atom is -0.477 e. The SMILES string of the molecule is Nc1nc(OCC2CCOCC2)cc2c1CC(=O)N2Cc1ccc(-c2csc(CN3CCCC3)n2)cc1. The van der Waals surface area contributed by atoms with Crippen molar-refractivity contribution < 1.29 is 14.3 Å². The summed E-state index contributed by atoms with van der Waals surface area (Å²) in [5.74, 6) is 1.33. The normalized spacial score (nSPS) is 18.5. The Hall–Kier alpha value is -3.01. The van der Waals surface area contributed by atoms with E-state index in [-0.39, 0.29) is 12.3 Å². The summed E-state index contributed by atoms with van der Waals surface area (Å²) < 4.78 is 11.4. The topological polar surface area (TPSA) is 93.8 Å². The van der Waals surface area contributed by atoms with Crippen molar-refractivity contribution in [2.24, 2.45) is 5.92 Å². The van der Waals surface area contributed by atoms with Gasteiger partial charge in [0.15, 0.2) is 0 Å². The van der Waals surface area contributed by atoms with Gasteiger partial charge in [-0.3, -0.25) is 9.69 Å². The second-order valence-electron chi connectivity index (χ2n) is 10.2. The summed E-state index contributed by atoms with van der Waals surface area (Å²) in [6.45, 7) is 5.90. The maximum Gasteiger partial charge on any atom is 0.231 e. The lowest BCUT2D eigenvalue weighted by atomic mass is 10.0. The maximum absolute atomic E-state index is 12.9. The summed E-state index contributed by atoms with van der Waals surface area (Å²) in [4.78, 5) is 26.5. The van der Waals surface area contributed by atoms with Crippen LogP contribution in [-0.4, -0.2) is 53.7 Å². The average molecular weight is 520 g/mol. The molecular weight excluding hydrogens is 486 g/mol. The predicted molar refractivity (Wildman–Crippen MR) is 145 cm³/mol. The van der Waals surface area contributed by atoms with Crippen LogP contribution in [0.3, 0.4) is 0 Å². The Bertz CT molecular complexity index is 1250. The Balaban J connectivity index is 1.13. The monoisotopic (exact) mass is 519 g/mol. The Kier molecular flexibility index (Phi) is 7.08. The number of fused-ring (bicyclic) bond motifs is 1. The first-order valence-electron chi connectivity index (χ1n) is 13.2. The number of carbonyl (C=O) groups excluding carboxylic acids is 1. The molecule has 2 aromatic heterocycles. The van der Waals surface area contributed by atoms with E-state index in [0.29, 0.717) is 30.8 Å². The fourth-order valence-electron chi connectivity index (χ4n) is 5.33. The molecule has 3 aliphatic rings. The first-order chi connectivity index (χ1) is 18.1. The summed E-state index contributed by atoms with van der Waals surface area (Å²) in [7, 11) is 0. The lowest BCUT2D eigenvalue weighted by molar-refractivity contribution is -0.117. The molecule has 0 atom stereocenters. The maximum atomic E-state index is 12.9. The molecule has 0 aliphatic carbocycles. The van der Waals surface area contributed by atoms with Crippen molar-refractivity contribution in [3.63, 3.8) is 0 Å². The molecule has 194 valence electrons. The quantitative estimate of drug-likeness (QED) is 0.475. The van der Waals surface area contributed by atoms with Gasteiger partial charge in [0.2, 0.25) is 11.8 Å². The third kappa shape index (κ3) is 5.49. The van der Waals surface area contributed by atoms with Crippen molar-refractivity contribution >= 4 is 28.7 Å². The second kappa shape index (κ2) is 10.8. The van der Waals surface area contributed by atoms with Gasteiger partial charge in [0.25, 0.3) is 0 Å². The summed E-state index contributed by atoms with van der Waals surface area (Å²) in [6.07, 6.45) is 4.82. The molecule has 0 spiro atoms. The number of thiazole rings is 1. The van der Waals surface area contributed by atoms with E-state index in [1.807, 2.05) is 6.07 Å². The van der Waals surface area contributed by atoms with Gasteiger partial charge in [0.05, 0.1) is 37.5 Å². The molecule has 0 bridgehead atoms. The minimum absolute atomic E-state index is 0.0280. The molecule has 0 radical (unpaired) electrons. The Labute approximate surface area is 221 Å². The number of amides is 1. The van der Waals surface area contributed by atoms with Crippen LogP contribution >= 0.6 is 11.3 Å². The minimum atomic E-state index is 0.0280. The van der Waals surface area contributed by atoms with E-state index in [2.05, 4.69) is 39.5 Å². The van der Waals surface area contributed by atoms with Crippen LogP contribution in [0, 0.1) is 5.92 Å². The third-order valence-electron chi connectivity index (χ3n) is 7.54. The highest BCUT2D eigenvalue weighted by Gasteiger charge is 2.31. The van der Waals surface area contributed by atoms with E-state index >= 15 is 0 Å². The fourth-order valence-corrected chi connectivity index (χ4v) is 6.18. The van der Waals surface area contributed by atoms with E-state index in [9.17, 15) is 4.79 Å².